The average Bonchev–Trinajstić information content (AvgIpc) is 3.20. The number of aryl methyl sites for hydroxylation is 1. The standard InChI is InChI=1S/C28H44FN3O2Si/c1-21-18-32(20-33-15-16-35(2,3)4)31-28(21)26-9-6-14-30-27(26)19-34-25-12-10-22(11-13-25)23-7-5-8-24(29)17-23/h5,7-8,17-18,22,25-27,30H,6,9-16,19-20H2,1-4H3. The van der Waals surface area contributed by atoms with Crippen molar-refractivity contribution < 1.29 is 13.9 Å². The quantitative estimate of drug-likeness (QED) is 0.310. The van der Waals surface area contributed by atoms with Crippen LogP contribution < -0.4 is 5.32 Å². The van der Waals surface area contributed by atoms with Gasteiger partial charge in [-0.15, -0.1) is 0 Å². The molecule has 0 bridgehead atoms. The summed E-state index contributed by atoms with van der Waals surface area (Å²) in [6.07, 6.45) is 8.95. The summed E-state index contributed by atoms with van der Waals surface area (Å²) >= 11 is 0. The maximum absolute atomic E-state index is 13.6. The molecular formula is C28H44FN3O2Si. The maximum Gasteiger partial charge on any atom is 0.139 e. The van der Waals surface area contributed by atoms with Gasteiger partial charge in [-0.25, -0.2) is 9.07 Å². The second kappa shape index (κ2) is 12.1. The Balaban J connectivity index is 1.27. The minimum atomic E-state index is -1.08. The monoisotopic (exact) mass is 501 g/mol. The topological polar surface area (TPSA) is 48.3 Å². The van der Waals surface area contributed by atoms with E-state index in [-0.39, 0.29) is 5.82 Å². The SMILES string of the molecule is Cc1cn(COCC[Si](C)(C)C)nc1C1CCCNC1COC1CCC(c2cccc(F)c2)CC1. The Labute approximate surface area is 211 Å². The molecule has 2 atom stereocenters. The minimum absolute atomic E-state index is 0.133. The van der Waals surface area contributed by atoms with Crippen molar-refractivity contribution in [1.29, 1.82) is 0 Å². The fraction of sp³-hybridized carbons (Fsp3) is 0.679. The molecule has 35 heavy (non-hydrogen) atoms. The predicted molar refractivity (Wildman–Crippen MR) is 142 cm³/mol. The van der Waals surface area contributed by atoms with E-state index in [0.717, 1.165) is 57.4 Å². The molecule has 0 amide bonds. The predicted octanol–water partition coefficient (Wildman–Crippen LogP) is 6.22. The third-order valence-electron chi connectivity index (χ3n) is 7.64. The van der Waals surface area contributed by atoms with Crippen LogP contribution in [0.1, 0.15) is 67.2 Å². The van der Waals surface area contributed by atoms with Crippen molar-refractivity contribution in [3.63, 3.8) is 0 Å². The molecule has 5 nitrogen and oxygen atoms in total. The number of nitrogens with zero attached hydrogens (tertiary/aromatic N) is 2. The van der Waals surface area contributed by atoms with Crippen LogP contribution in [-0.2, 0) is 16.2 Å². The van der Waals surface area contributed by atoms with Crippen molar-refractivity contribution in [2.75, 3.05) is 19.8 Å². The van der Waals surface area contributed by atoms with Gasteiger partial charge in [0.15, 0.2) is 0 Å². The highest BCUT2D eigenvalue weighted by Crippen LogP contribution is 2.35. The van der Waals surface area contributed by atoms with E-state index in [9.17, 15) is 4.39 Å². The summed E-state index contributed by atoms with van der Waals surface area (Å²) in [6.45, 7) is 12.4. The van der Waals surface area contributed by atoms with Gasteiger partial charge in [0.25, 0.3) is 0 Å². The van der Waals surface area contributed by atoms with Crippen molar-refractivity contribution in [1.82, 2.24) is 15.1 Å². The fourth-order valence-corrected chi connectivity index (χ4v) is 6.28. The first kappa shape index (κ1) is 26.5. The summed E-state index contributed by atoms with van der Waals surface area (Å²) in [7, 11) is -1.08. The molecule has 1 saturated heterocycles. The summed E-state index contributed by atoms with van der Waals surface area (Å²) in [4.78, 5) is 0. The molecular weight excluding hydrogens is 457 g/mol. The van der Waals surface area contributed by atoms with Crippen LogP contribution in [0.3, 0.4) is 0 Å². The van der Waals surface area contributed by atoms with Crippen molar-refractivity contribution in [2.24, 2.45) is 0 Å². The number of hydrogen-bond donors (Lipinski definition) is 1. The zero-order valence-electron chi connectivity index (χ0n) is 22.1. The largest absolute Gasteiger partial charge is 0.377 e. The third kappa shape index (κ3) is 7.72. The van der Waals surface area contributed by atoms with Gasteiger partial charge < -0.3 is 14.8 Å². The molecule has 0 radical (unpaired) electrons. The fourth-order valence-electron chi connectivity index (χ4n) is 5.52. The first-order chi connectivity index (χ1) is 16.8. The Bertz CT molecular complexity index is 937. The lowest BCUT2D eigenvalue weighted by molar-refractivity contribution is 0.00528. The third-order valence-corrected chi connectivity index (χ3v) is 9.35. The second-order valence-corrected chi connectivity index (χ2v) is 17.4. The molecule has 4 rings (SSSR count). The van der Waals surface area contributed by atoms with Gasteiger partial charge in [0, 0.05) is 32.8 Å². The zero-order chi connectivity index (χ0) is 24.8. The molecule has 0 spiro atoms. The molecule has 1 saturated carbocycles. The lowest BCUT2D eigenvalue weighted by Gasteiger charge is -2.35. The second-order valence-electron chi connectivity index (χ2n) is 11.8. The molecule has 2 aromatic rings. The number of halogens is 1. The highest BCUT2D eigenvalue weighted by Gasteiger charge is 2.31. The average molecular weight is 502 g/mol. The van der Waals surface area contributed by atoms with Crippen LogP contribution >= 0.6 is 0 Å². The molecule has 1 aliphatic heterocycles. The zero-order valence-corrected chi connectivity index (χ0v) is 23.1. The van der Waals surface area contributed by atoms with Crippen molar-refractivity contribution in [3.05, 3.63) is 53.1 Å². The summed E-state index contributed by atoms with van der Waals surface area (Å²) in [5.74, 6) is 0.687. The van der Waals surface area contributed by atoms with Crippen molar-refractivity contribution in [2.45, 2.75) is 102 Å². The van der Waals surface area contributed by atoms with Crippen LogP contribution in [0.25, 0.3) is 0 Å². The molecule has 7 heteroatoms. The van der Waals surface area contributed by atoms with Gasteiger partial charge in [-0.05, 0) is 87.2 Å². The van der Waals surface area contributed by atoms with Crippen LogP contribution in [0.5, 0.6) is 0 Å². The van der Waals surface area contributed by atoms with Gasteiger partial charge >= 0.3 is 0 Å². The summed E-state index contributed by atoms with van der Waals surface area (Å²) in [5, 5.41) is 8.65. The smallest absolute Gasteiger partial charge is 0.139 e. The van der Waals surface area contributed by atoms with Gasteiger partial charge in [-0.1, -0.05) is 31.8 Å². The first-order valence-electron chi connectivity index (χ1n) is 13.5. The molecule has 1 aliphatic carbocycles. The number of benzene rings is 1. The minimum Gasteiger partial charge on any atom is -0.377 e. The Morgan fingerprint density at radius 1 is 1.14 bits per heavy atom. The van der Waals surface area contributed by atoms with E-state index in [1.807, 2.05) is 10.7 Å². The van der Waals surface area contributed by atoms with Gasteiger partial charge in [-0.3, -0.25) is 0 Å². The summed E-state index contributed by atoms with van der Waals surface area (Å²) < 4.78 is 28.0. The number of aromatic nitrogens is 2. The number of rotatable bonds is 10. The summed E-state index contributed by atoms with van der Waals surface area (Å²) in [6, 6.07) is 8.57. The Morgan fingerprint density at radius 2 is 1.94 bits per heavy atom. The van der Waals surface area contributed by atoms with E-state index < -0.39 is 8.07 Å². The number of nitrogens with one attached hydrogen (secondary N) is 1. The Hall–Kier alpha value is -1.54. The van der Waals surface area contributed by atoms with E-state index in [1.54, 1.807) is 6.07 Å². The molecule has 1 aromatic carbocycles. The van der Waals surface area contributed by atoms with Crippen LogP contribution in [0.2, 0.25) is 25.7 Å². The van der Waals surface area contributed by atoms with E-state index in [1.165, 1.54) is 29.8 Å². The highest BCUT2D eigenvalue weighted by molar-refractivity contribution is 6.76. The molecule has 1 aromatic heterocycles. The van der Waals surface area contributed by atoms with E-state index in [4.69, 9.17) is 14.6 Å². The highest BCUT2D eigenvalue weighted by atomic mass is 28.3. The van der Waals surface area contributed by atoms with Gasteiger partial charge in [0.05, 0.1) is 18.4 Å². The van der Waals surface area contributed by atoms with Crippen molar-refractivity contribution >= 4 is 8.07 Å². The number of piperidine rings is 1. The van der Waals surface area contributed by atoms with Crippen LogP contribution in [-0.4, -0.2) is 49.8 Å². The van der Waals surface area contributed by atoms with Crippen LogP contribution in [0, 0.1) is 12.7 Å². The lowest BCUT2D eigenvalue weighted by atomic mass is 9.82. The van der Waals surface area contributed by atoms with Gasteiger partial charge in [-0.2, -0.15) is 5.10 Å². The Kier molecular flexibility index (Phi) is 9.19. The van der Waals surface area contributed by atoms with Crippen molar-refractivity contribution in [3.8, 4) is 0 Å². The molecule has 2 aliphatic rings. The molecule has 194 valence electrons. The lowest BCUT2D eigenvalue weighted by Crippen LogP contribution is -2.44. The van der Waals surface area contributed by atoms with E-state index in [2.05, 4.69) is 44.1 Å². The number of hydrogen-bond acceptors (Lipinski definition) is 4. The molecule has 2 unspecified atom stereocenters. The van der Waals surface area contributed by atoms with E-state index >= 15 is 0 Å². The number of ether oxygens (including phenoxy) is 2. The molecule has 2 heterocycles. The van der Waals surface area contributed by atoms with Crippen LogP contribution in [0.15, 0.2) is 30.5 Å². The Morgan fingerprint density at radius 3 is 2.69 bits per heavy atom. The summed E-state index contributed by atoms with van der Waals surface area (Å²) in [5.41, 5.74) is 3.57. The van der Waals surface area contributed by atoms with Crippen LogP contribution in [0.4, 0.5) is 4.39 Å². The van der Waals surface area contributed by atoms with Gasteiger partial charge in [0.2, 0.25) is 0 Å². The van der Waals surface area contributed by atoms with E-state index in [0.29, 0.717) is 30.7 Å². The first-order valence-corrected chi connectivity index (χ1v) is 17.2. The van der Waals surface area contributed by atoms with Gasteiger partial charge in [0.1, 0.15) is 12.5 Å². The molecule has 1 N–H and O–H groups in total. The molecule has 2 fully saturated rings. The normalized spacial score (nSPS) is 25.6. The maximum atomic E-state index is 13.6.